The van der Waals surface area contributed by atoms with Gasteiger partial charge in [-0.2, -0.15) is 4.98 Å². The molecule has 0 spiro atoms. The Kier molecular flexibility index (Phi) is 3.85. The van der Waals surface area contributed by atoms with Crippen molar-refractivity contribution in [3.8, 4) is 5.88 Å². The second-order valence-electron chi connectivity index (χ2n) is 3.41. The quantitative estimate of drug-likeness (QED) is 0.537. The molecule has 0 aromatic carbocycles. The van der Waals surface area contributed by atoms with Gasteiger partial charge < -0.3 is 21.2 Å². The summed E-state index contributed by atoms with van der Waals surface area (Å²) in [4.78, 5) is 25.7. The average Bonchev–Trinajstić information content (AvgIpc) is 2.33. The third kappa shape index (κ3) is 3.13. The monoisotopic (exact) mass is 280 g/mol. The minimum Gasteiger partial charge on any atom is -0.476 e. The Morgan fingerprint density at radius 2 is 2.21 bits per heavy atom. The molecule has 0 amide bonds. The van der Waals surface area contributed by atoms with E-state index in [0.29, 0.717) is 28.4 Å². The van der Waals surface area contributed by atoms with E-state index in [9.17, 15) is 4.79 Å². The number of aromatic nitrogens is 4. The number of nitrogens with one attached hydrogen (secondary N) is 1. The van der Waals surface area contributed by atoms with Crippen molar-refractivity contribution in [1.29, 1.82) is 0 Å². The van der Waals surface area contributed by atoms with Gasteiger partial charge in [0.15, 0.2) is 5.16 Å². The van der Waals surface area contributed by atoms with Crippen LogP contribution in [-0.2, 0) is 0 Å². The van der Waals surface area contributed by atoms with Crippen molar-refractivity contribution in [2.24, 2.45) is 0 Å². The fourth-order valence-electron chi connectivity index (χ4n) is 1.29. The number of nitrogens with two attached hydrogens (primary N) is 2. The number of H-pyrrole nitrogens is 1. The van der Waals surface area contributed by atoms with Gasteiger partial charge in [-0.25, -0.2) is 9.97 Å². The van der Waals surface area contributed by atoms with Gasteiger partial charge in [0.1, 0.15) is 22.9 Å². The second-order valence-corrected chi connectivity index (χ2v) is 4.39. The van der Waals surface area contributed by atoms with Crippen LogP contribution >= 0.6 is 11.8 Å². The molecule has 0 radical (unpaired) electrons. The predicted octanol–water partition coefficient (Wildman–Crippen LogP) is 0.274. The van der Waals surface area contributed by atoms with E-state index < -0.39 is 0 Å². The average molecular weight is 280 g/mol. The standard InChI is InChI=1S/C10H12N6O2S/c1-2-18-8-7(12)9(14-4-13-8)19-10-15-5(11)3-6(17)16-10/h3-4H,2,12H2,1H3,(H3,11,15,16,17). The van der Waals surface area contributed by atoms with Gasteiger partial charge in [-0.05, 0) is 18.7 Å². The van der Waals surface area contributed by atoms with Crippen LogP contribution in [0.3, 0.4) is 0 Å². The first-order chi connectivity index (χ1) is 9.10. The summed E-state index contributed by atoms with van der Waals surface area (Å²) in [6.07, 6.45) is 1.33. The normalized spacial score (nSPS) is 10.4. The Bertz CT molecular complexity index is 644. The highest BCUT2D eigenvalue weighted by molar-refractivity contribution is 7.99. The number of nitrogen functional groups attached to an aromatic ring is 2. The molecule has 0 fully saturated rings. The molecule has 0 aliphatic heterocycles. The number of rotatable bonds is 4. The summed E-state index contributed by atoms with van der Waals surface area (Å²) in [6.45, 7) is 2.27. The fraction of sp³-hybridized carbons (Fsp3) is 0.200. The molecule has 2 aromatic rings. The summed E-state index contributed by atoms with van der Waals surface area (Å²) in [5, 5.41) is 0.741. The molecule has 0 unspecified atom stereocenters. The highest BCUT2D eigenvalue weighted by atomic mass is 32.2. The third-order valence-corrected chi connectivity index (χ3v) is 2.93. The van der Waals surface area contributed by atoms with Gasteiger partial charge in [0.2, 0.25) is 5.88 Å². The summed E-state index contributed by atoms with van der Waals surface area (Å²) < 4.78 is 5.26. The summed E-state index contributed by atoms with van der Waals surface area (Å²) in [5.41, 5.74) is 11.3. The number of ether oxygens (including phenoxy) is 1. The number of anilines is 2. The van der Waals surface area contributed by atoms with Crippen LogP contribution in [0.4, 0.5) is 11.5 Å². The Hall–Kier alpha value is -2.29. The number of aromatic amines is 1. The van der Waals surface area contributed by atoms with Gasteiger partial charge in [0.05, 0.1) is 6.61 Å². The van der Waals surface area contributed by atoms with Crippen molar-refractivity contribution >= 4 is 23.3 Å². The van der Waals surface area contributed by atoms with Gasteiger partial charge in [-0.3, -0.25) is 4.79 Å². The molecule has 2 rings (SSSR count). The summed E-state index contributed by atoms with van der Waals surface area (Å²) in [6, 6.07) is 1.19. The summed E-state index contributed by atoms with van der Waals surface area (Å²) in [5.74, 6) is 0.426. The van der Waals surface area contributed by atoms with Gasteiger partial charge in [0.25, 0.3) is 5.56 Å². The lowest BCUT2D eigenvalue weighted by atomic mass is 10.5. The van der Waals surface area contributed by atoms with Gasteiger partial charge in [-0.15, -0.1) is 0 Å². The maximum Gasteiger partial charge on any atom is 0.253 e. The highest BCUT2D eigenvalue weighted by Gasteiger charge is 2.12. The fourth-order valence-corrected chi connectivity index (χ4v) is 2.07. The molecular formula is C10H12N6O2S. The van der Waals surface area contributed by atoms with Crippen molar-refractivity contribution < 1.29 is 4.74 Å². The molecular weight excluding hydrogens is 268 g/mol. The molecule has 0 saturated carbocycles. The largest absolute Gasteiger partial charge is 0.476 e. The molecule has 0 aliphatic carbocycles. The van der Waals surface area contributed by atoms with E-state index in [-0.39, 0.29) is 11.4 Å². The van der Waals surface area contributed by atoms with Crippen LogP contribution < -0.4 is 21.8 Å². The minimum absolute atomic E-state index is 0.129. The lowest BCUT2D eigenvalue weighted by Gasteiger charge is -2.08. The summed E-state index contributed by atoms with van der Waals surface area (Å²) in [7, 11) is 0. The minimum atomic E-state index is -0.340. The van der Waals surface area contributed by atoms with E-state index >= 15 is 0 Å². The smallest absolute Gasteiger partial charge is 0.253 e. The van der Waals surface area contributed by atoms with Crippen LogP contribution in [0.25, 0.3) is 0 Å². The molecule has 9 heteroatoms. The van der Waals surface area contributed by atoms with Gasteiger partial charge in [-0.1, -0.05) is 0 Å². The van der Waals surface area contributed by atoms with E-state index in [1.54, 1.807) is 0 Å². The second kappa shape index (κ2) is 5.57. The molecule has 2 aromatic heterocycles. The van der Waals surface area contributed by atoms with Crippen molar-refractivity contribution in [1.82, 2.24) is 19.9 Å². The maximum atomic E-state index is 11.3. The van der Waals surface area contributed by atoms with Gasteiger partial charge >= 0.3 is 0 Å². The molecule has 100 valence electrons. The van der Waals surface area contributed by atoms with Crippen LogP contribution in [0.15, 0.2) is 27.4 Å². The zero-order valence-electron chi connectivity index (χ0n) is 10.1. The number of nitrogens with zero attached hydrogens (tertiary/aromatic N) is 3. The molecule has 0 saturated heterocycles. The maximum absolute atomic E-state index is 11.3. The third-order valence-electron chi connectivity index (χ3n) is 2.02. The van der Waals surface area contributed by atoms with E-state index in [1.165, 1.54) is 12.4 Å². The predicted molar refractivity (Wildman–Crippen MR) is 71.0 cm³/mol. The molecule has 8 nitrogen and oxygen atoms in total. The lowest BCUT2D eigenvalue weighted by molar-refractivity contribution is 0.327. The van der Waals surface area contributed by atoms with Crippen LogP contribution in [-0.4, -0.2) is 26.5 Å². The lowest BCUT2D eigenvalue weighted by Crippen LogP contribution is -2.09. The first kappa shape index (κ1) is 13.1. The first-order valence-electron chi connectivity index (χ1n) is 5.38. The molecule has 2 heterocycles. The molecule has 0 aliphatic rings. The molecule has 19 heavy (non-hydrogen) atoms. The van der Waals surface area contributed by atoms with Crippen molar-refractivity contribution in [2.45, 2.75) is 17.1 Å². The van der Waals surface area contributed by atoms with Crippen LogP contribution in [0, 0.1) is 0 Å². The molecule has 0 bridgehead atoms. The zero-order chi connectivity index (χ0) is 13.8. The van der Waals surface area contributed by atoms with Crippen LogP contribution in [0.5, 0.6) is 5.88 Å². The Morgan fingerprint density at radius 1 is 1.42 bits per heavy atom. The first-order valence-corrected chi connectivity index (χ1v) is 6.19. The van der Waals surface area contributed by atoms with Gasteiger partial charge in [0, 0.05) is 6.07 Å². The Morgan fingerprint density at radius 3 is 2.89 bits per heavy atom. The van der Waals surface area contributed by atoms with Crippen LogP contribution in [0.1, 0.15) is 6.92 Å². The van der Waals surface area contributed by atoms with Crippen molar-refractivity contribution in [3.05, 3.63) is 22.7 Å². The SMILES string of the molecule is CCOc1ncnc(Sc2nc(N)cc(=O)[nH]2)c1N. The molecule has 0 atom stereocenters. The van der Waals surface area contributed by atoms with Crippen molar-refractivity contribution in [2.75, 3.05) is 18.1 Å². The Balaban J connectivity index is 2.32. The van der Waals surface area contributed by atoms with Crippen molar-refractivity contribution in [3.63, 3.8) is 0 Å². The van der Waals surface area contributed by atoms with E-state index in [4.69, 9.17) is 16.2 Å². The van der Waals surface area contributed by atoms with E-state index in [1.807, 2.05) is 6.92 Å². The molecule has 5 N–H and O–H groups in total. The number of hydrogen-bond donors (Lipinski definition) is 3. The summed E-state index contributed by atoms with van der Waals surface area (Å²) >= 11 is 1.08. The highest BCUT2D eigenvalue weighted by Crippen LogP contribution is 2.31. The van der Waals surface area contributed by atoms with Crippen LogP contribution in [0.2, 0.25) is 0 Å². The van der Waals surface area contributed by atoms with E-state index in [0.717, 1.165) is 11.8 Å². The topological polar surface area (TPSA) is 133 Å². The number of hydrogen-bond acceptors (Lipinski definition) is 8. The Labute approximate surface area is 112 Å². The van der Waals surface area contributed by atoms with E-state index in [2.05, 4.69) is 19.9 Å². The zero-order valence-corrected chi connectivity index (χ0v) is 10.9.